The normalized spacial score (nSPS) is 14.7. The Morgan fingerprint density at radius 1 is 0.260 bits per heavy atom. The predicted molar refractivity (Wildman–Crippen MR) is 213 cm³/mol. The van der Waals surface area contributed by atoms with Gasteiger partial charge in [0.2, 0.25) is 0 Å². The summed E-state index contributed by atoms with van der Waals surface area (Å²) < 4.78 is 0. The van der Waals surface area contributed by atoms with E-state index in [2.05, 4.69) is 185 Å². The molecule has 0 heteroatoms. The first kappa shape index (κ1) is 29.2. The topological polar surface area (TPSA) is 0 Å². The van der Waals surface area contributed by atoms with Crippen LogP contribution < -0.4 is 0 Å². The van der Waals surface area contributed by atoms with Crippen molar-refractivity contribution in [1.29, 1.82) is 0 Å². The Balaban J connectivity index is 0.993. The molecule has 50 heavy (non-hydrogen) atoms. The van der Waals surface area contributed by atoms with E-state index in [1.807, 2.05) is 0 Å². The summed E-state index contributed by atoms with van der Waals surface area (Å²) in [6.45, 7) is 9.56. The van der Waals surface area contributed by atoms with Gasteiger partial charge in [0.15, 0.2) is 0 Å². The maximum absolute atomic E-state index is 2.52. The van der Waals surface area contributed by atoms with Crippen molar-refractivity contribution >= 4 is 21.5 Å². The summed E-state index contributed by atoms with van der Waals surface area (Å²) in [5.74, 6) is 0. The summed E-state index contributed by atoms with van der Waals surface area (Å²) in [5.41, 5.74) is 18.7. The van der Waals surface area contributed by atoms with E-state index in [1.165, 1.54) is 99.4 Å². The largest absolute Gasteiger partial charge is 0.0619 e. The molecule has 0 atom stereocenters. The van der Waals surface area contributed by atoms with E-state index in [-0.39, 0.29) is 10.8 Å². The van der Waals surface area contributed by atoms with E-state index < -0.39 is 0 Å². The van der Waals surface area contributed by atoms with Crippen molar-refractivity contribution in [2.75, 3.05) is 0 Å². The molecule has 0 radical (unpaired) electrons. The average Bonchev–Trinajstić information content (AvgIpc) is 3.52. The first-order chi connectivity index (χ1) is 24.3. The molecule has 0 amide bonds. The van der Waals surface area contributed by atoms with Gasteiger partial charge in [-0.1, -0.05) is 149 Å². The zero-order valence-electron chi connectivity index (χ0n) is 29.0. The van der Waals surface area contributed by atoms with Crippen LogP contribution in [0.1, 0.15) is 49.9 Å². The summed E-state index contributed by atoms with van der Waals surface area (Å²) in [4.78, 5) is 0. The molecule has 0 nitrogen and oxygen atoms in total. The van der Waals surface area contributed by atoms with Gasteiger partial charge < -0.3 is 0 Å². The van der Waals surface area contributed by atoms with Crippen LogP contribution in [-0.4, -0.2) is 0 Å². The molecule has 0 saturated heterocycles. The second kappa shape index (κ2) is 10.4. The van der Waals surface area contributed by atoms with Gasteiger partial charge in [-0.25, -0.2) is 0 Å². The van der Waals surface area contributed by atoms with E-state index in [4.69, 9.17) is 0 Å². The second-order valence-corrected chi connectivity index (χ2v) is 15.4. The van der Waals surface area contributed by atoms with Crippen LogP contribution in [0.2, 0.25) is 0 Å². The van der Waals surface area contributed by atoms with Gasteiger partial charge in [0.05, 0.1) is 0 Å². The van der Waals surface area contributed by atoms with Crippen LogP contribution in [0.3, 0.4) is 0 Å². The molecule has 0 saturated carbocycles. The van der Waals surface area contributed by atoms with E-state index in [0.717, 1.165) is 0 Å². The Bertz CT molecular complexity index is 2700. The molecule has 0 N–H and O–H groups in total. The van der Waals surface area contributed by atoms with Crippen LogP contribution in [0.15, 0.2) is 158 Å². The maximum Gasteiger partial charge on any atom is 0.0159 e. The zero-order valence-corrected chi connectivity index (χ0v) is 29.0. The molecule has 0 heterocycles. The maximum atomic E-state index is 2.52. The van der Waals surface area contributed by atoms with E-state index in [1.54, 1.807) is 0 Å². The molecule has 0 fully saturated rings. The molecule has 238 valence electrons. The van der Waals surface area contributed by atoms with Gasteiger partial charge >= 0.3 is 0 Å². The van der Waals surface area contributed by atoms with Crippen LogP contribution >= 0.6 is 0 Å². The highest BCUT2D eigenvalue weighted by Crippen LogP contribution is 2.56. The smallest absolute Gasteiger partial charge is 0.0159 e. The summed E-state index contributed by atoms with van der Waals surface area (Å²) in [6, 6.07) is 59.2. The summed E-state index contributed by atoms with van der Waals surface area (Å²) in [7, 11) is 0. The highest BCUT2D eigenvalue weighted by Gasteiger charge is 2.41. The van der Waals surface area contributed by atoms with Crippen molar-refractivity contribution in [1.82, 2.24) is 0 Å². The monoisotopic (exact) mass is 638 g/mol. The predicted octanol–water partition coefficient (Wildman–Crippen LogP) is 13.6. The molecule has 0 spiro atoms. The Kier molecular flexibility index (Phi) is 6.07. The molecule has 0 unspecified atom stereocenters. The van der Waals surface area contributed by atoms with Crippen LogP contribution in [0.4, 0.5) is 0 Å². The van der Waals surface area contributed by atoms with Gasteiger partial charge in [-0.3, -0.25) is 0 Å². The first-order valence-corrected chi connectivity index (χ1v) is 17.8. The summed E-state index contributed by atoms with van der Waals surface area (Å²) in [6.07, 6.45) is 0. The fraction of sp³-hybridized carbons (Fsp3) is 0.120. The first-order valence-electron chi connectivity index (χ1n) is 17.8. The summed E-state index contributed by atoms with van der Waals surface area (Å²) >= 11 is 0. The lowest BCUT2D eigenvalue weighted by Crippen LogP contribution is -2.18. The van der Waals surface area contributed by atoms with Crippen molar-refractivity contribution in [3.8, 4) is 55.6 Å². The van der Waals surface area contributed by atoms with Gasteiger partial charge in [-0.15, -0.1) is 0 Å². The highest BCUT2D eigenvalue weighted by molar-refractivity contribution is 5.94. The molecule has 10 rings (SSSR count). The Morgan fingerprint density at radius 2 is 0.700 bits per heavy atom. The van der Waals surface area contributed by atoms with Crippen molar-refractivity contribution in [3.05, 3.63) is 180 Å². The fourth-order valence-corrected chi connectivity index (χ4v) is 8.96. The third-order valence-corrected chi connectivity index (χ3v) is 11.8. The molecule has 0 aromatic heterocycles. The molecular weight excluding hydrogens is 601 g/mol. The third-order valence-electron chi connectivity index (χ3n) is 11.8. The number of hydrogen-bond acceptors (Lipinski definition) is 0. The lowest BCUT2D eigenvalue weighted by atomic mass is 9.77. The number of benzene rings is 8. The SMILES string of the molecule is CC1(C)c2ccccc2-c2cc3c(cc21)C(C)(C)c1cc(-c2cccc(-c4ccc5cc(-c6ccc7ccccc7c6)ccc5c4)c2)ccc1-3. The second-order valence-electron chi connectivity index (χ2n) is 15.4. The van der Waals surface area contributed by atoms with Crippen LogP contribution in [0.5, 0.6) is 0 Å². The minimum atomic E-state index is -0.0811. The lowest BCUT2D eigenvalue weighted by Gasteiger charge is -2.26. The van der Waals surface area contributed by atoms with E-state index >= 15 is 0 Å². The Labute approximate surface area is 294 Å². The average molecular weight is 639 g/mol. The molecular formula is C50H38. The minimum Gasteiger partial charge on any atom is -0.0619 e. The van der Waals surface area contributed by atoms with E-state index in [0.29, 0.717) is 0 Å². The molecule has 0 aliphatic heterocycles. The van der Waals surface area contributed by atoms with Crippen molar-refractivity contribution in [3.63, 3.8) is 0 Å². The van der Waals surface area contributed by atoms with Crippen molar-refractivity contribution in [2.45, 2.75) is 38.5 Å². The van der Waals surface area contributed by atoms with Crippen molar-refractivity contribution in [2.24, 2.45) is 0 Å². The van der Waals surface area contributed by atoms with Gasteiger partial charge in [0, 0.05) is 10.8 Å². The van der Waals surface area contributed by atoms with Crippen LogP contribution in [0, 0.1) is 0 Å². The number of hydrogen-bond donors (Lipinski definition) is 0. The van der Waals surface area contributed by atoms with E-state index in [9.17, 15) is 0 Å². The van der Waals surface area contributed by atoms with Gasteiger partial charge in [-0.05, 0) is 136 Å². The number of fused-ring (bicyclic) bond motifs is 8. The van der Waals surface area contributed by atoms with Crippen LogP contribution in [-0.2, 0) is 10.8 Å². The molecule has 2 aliphatic carbocycles. The standard InChI is InChI=1S/C50H38/c1-49(2)45-15-8-7-14-41(45)43-29-44-42-23-22-40(28-46(42)50(3,4)48(44)30-47(43)49)34-13-9-12-33(25-34)35-18-19-39-27-38(21-20-37(39)26-35)36-17-16-31-10-5-6-11-32(31)24-36/h5-30H,1-4H3. The summed E-state index contributed by atoms with van der Waals surface area (Å²) in [5, 5.41) is 5.06. The minimum absolute atomic E-state index is 0.000305. The van der Waals surface area contributed by atoms with Crippen molar-refractivity contribution < 1.29 is 0 Å². The lowest BCUT2D eigenvalue weighted by molar-refractivity contribution is 0.639. The molecule has 8 aromatic carbocycles. The van der Waals surface area contributed by atoms with Gasteiger partial charge in [0.25, 0.3) is 0 Å². The molecule has 0 bridgehead atoms. The van der Waals surface area contributed by atoms with Gasteiger partial charge in [0.1, 0.15) is 0 Å². The highest BCUT2D eigenvalue weighted by atomic mass is 14.4. The quantitative estimate of drug-likeness (QED) is 0.181. The Hall–Kier alpha value is -5.72. The zero-order chi connectivity index (χ0) is 33.8. The Morgan fingerprint density at radius 3 is 1.36 bits per heavy atom. The number of rotatable bonds is 3. The molecule has 8 aromatic rings. The van der Waals surface area contributed by atoms with Crippen LogP contribution in [0.25, 0.3) is 77.2 Å². The third kappa shape index (κ3) is 4.24. The fourth-order valence-electron chi connectivity index (χ4n) is 8.96. The van der Waals surface area contributed by atoms with Gasteiger partial charge in [-0.2, -0.15) is 0 Å². The molecule has 2 aliphatic rings.